The van der Waals surface area contributed by atoms with E-state index in [1.165, 1.54) is 51.4 Å². The molecule has 0 saturated carbocycles. The van der Waals surface area contributed by atoms with Gasteiger partial charge in [0, 0.05) is 0 Å². The second-order valence-electron chi connectivity index (χ2n) is 7.74. The molecule has 1 aromatic rings. The third-order valence-corrected chi connectivity index (χ3v) is 6.58. The molecule has 0 bridgehead atoms. The molecule has 29 heavy (non-hydrogen) atoms. The van der Waals surface area contributed by atoms with Gasteiger partial charge in [0.1, 0.15) is 5.56 Å². The Morgan fingerprint density at radius 3 is 1.69 bits per heavy atom. The van der Waals surface area contributed by atoms with Crippen molar-refractivity contribution in [1.82, 2.24) is 0 Å². The van der Waals surface area contributed by atoms with E-state index in [1.54, 1.807) is 0 Å². The molecule has 2 N–H and O–H groups in total. The number of carbonyl (C=O) groups excluding carboxylic acids is 1. The Morgan fingerprint density at radius 1 is 0.759 bits per heavy atom. The number of unbranched alkanes of at least 4 members (excludes halogenated alkanes) is 10. The predicted molar refractivity (Wildman–Crippen MR) is 126 cm³/mol. The first-order valence-corrected chi connectivity index (χ1v) is 12.5. The van der Waals surface area contributed by atoms with Gasteiger partial charge >= 0.3 is 5.97 Å². The van der Waals surface area contributed by atoms with Crippen molar-refractivity contribution in [3.8, 4) is 11.5 Å². The van der Waals surface area contributed by atoms with Gasteiger partial charge in [-0.15, -0.1) is 0 Å². The third-order valence-electron chi connectivity index (χ3n) is 5.43. The number of hydrogen-bond acceptors (Lipinski definition) is 4. The molecule has 166 valence electrons. The first-order valence-electron chi connectivity index (χ1n) is 11.1. The van der Waals surface area contributed by atoms with Crippen molar-refractivity contribution in [2.75, 3.05) is 0 Å². The van der Waals surface area contributed by atoms with Gasteiger partial charge in [-0.2, -0.15) is 0 Å². The summed E-state index contributed by atoms with van der Waals surface area (Å²) < 4.78 is 5.22. The van der Waals surface area contributed by atoms with Gasteiger partial charge in [0.05, 0.1) is 4.47 Å². The fourth-order valence-corrected chi connectivity index (χ4v) is 4.54. The van der Waals surface area contributed by atoms with Gasteiger partial charge in [0.2, 0.25) is 0 Å². The molecule has 6 heteroatoms. The second-order valence-corrected chi connectivity index (χ2v) is 8.86. The summed E-state index contributed by atoms with van der Waals surface area (Å²) in [7, 11) is 0. The average Bonchev–Trinajstić information content (AvgIpc) is 2.72. The molecule has 0 aromatic heterocycles. The van der Waals surface area contributed by atoms with E-state index < -0.39 is 11.7 Å². The van der Waals surface area contributed by atoms with Crippen LogP contribution in [0.5, 0.6) is 11.5 Å². The highest BCUT2D eigenvalue weighted by molar-refractivity contribution is 9.10. The van der Waals surface area contributed by atoms with E-state index in [0.29, 0.717) is 10.9 Å². The summed E-state index contributed by atoms with van der Waals surface area (Å²) >= 11 is 6.18. The van der Waals surface area contributed by atoms with E-state index in [2.05, 4.69) is 46.0 Å². The van der Waals surface area contributed by atoms with Crippen molar-refractivity contribution in [3.63, 3.8) is 0 Å². The zero-order valence-corrected chi connectivity index (χ0v) is 21.0. The van der Waals surface area contributed by atoms with Gasteiger partial charge in [-0.25, -0.2) is 4.79 Å². The fourth-order valence-electron chi connectivity index (χ4n) is 3.75. The normalized spacial score (nSPS) is 11.0. The van der Waals surface area contributed by atoms with Crippen LogP contribution < -0.4 is 0 Å². The van der Waals surface area contributed by atoms with Gasteiger partial charge in [-0.05, 0) is 52.7 Å². The quantitative estimate of drug-likeness (QED) is 0.176. The Hall–Kier alpha value is -0.750. The topological polar surface area (TPSA) is 66.8 Å². The largest absolute Gasteiger partial charge is 0.504 e. The van der Waals surface area contributed by atoms with Crippen molar-refractivity contribution in [1.29, 1.82) is 0 Å². The van der Waals surface area contributed by atoms with Crippen molar-refractivity contribution in [3.05, 3.63) is 21.2 Å². The number of phenols is 2. The molecule has 0 saturated heterocycles. The van der Waals surface area contributed by atoms with E-state index >= 15 is 0 Å². The number of halogens is 2. The Morgan fingerprint density at radius 2 is 1.21 bits per heavy atom. The van der Waals surface area contributed by atoms with Gasteiger partial charge < -0.3 is 14.0 Å². The average molecular weight is 536 g/mol. The fraction of sp³-hybridized carbons (Fsp3) is 0.696. The minimum atomic E-state index is -0.671. The Labute approximate surface area is 193 Å². The van der Waals surface area contributed by atoms with Crippen molar-refractivity contribution < 1.29 is 18.8 Å². The number of benzene rings is 1. The van der Waals surface area contributed by atoms with Crippen LogP contribution in [0.1, 0.15) is 112 Å². The number of phenolic OH excluding ortho intramolecular Hbond substituents is 2. The van der Waals surface area contributed by atoms with Crippen molar-refractivity contribution in [2.45, 2.75) is 104 Å². The maximum atomic E-state index is 12.3. The van der Waals surface area contributed by atoms with Gasteiger partial charge in [-0.3, -0.25) is 0 Å². The zero-order valence-electron chi connectivity index (χ0n) is 17.9. The minimum Gasteiger partial charge on any atom is -0.504 e. The lowest BCUT2D eigenvalue weighted by Gasteiger charge is -2.18. The van der Waals surface area contributed by atoms with E-state index in [4.69, 9.17) is 3.83 Å². The summed E-state index contributed by atoms with van der Waals surface area (Å²) in [4.78, 5) is 12.3. The molecule has 0 heterocycles. The molecule has 0 atom stereocenters. The minimum absolute atomic E-state index is 0.0807. The first-order chi connectivity index (χ1) is 14.0. The lowest BCUT2D eigenvalue weighted by atomic mass is 9.91. The molecule has 0 fully saturated rings. The first kappa shape index (κ1) is 26.3. The third kappa shape index (κ3) is 8.49. The van der Waals surface area contributed by atoms with Gasteiger partial charge in [0.15, 0.2) is 27.8 Å². The van der Waals surface area contributed by atoms with Crippen LogP contribution in [-0.2, 0) is 16.7 Å². The summed E-state index contributed by atoms with van der Waals surface area (Å²) in [6, 6.07) is 0. The molecule has 0 amide bonds. The van der Waals surface area contributed by atoms with E-state index in [1.807, 2.05) is 0 Å². The summed E-state index contributed by atoms with van der Waals surface area (Å²) in [5.41, 5.74) is 1.79. The maximum absolute atomic E-state index is 12.3. The lowest BCUT2D eigenvalue weighted by molar-refractivity contribution is 0.0776. The number of hydrogen-bond donors (Lipinski definition) is 2. The summed E-state index contributed by atoms with van der Waals surface area (Å²) in [5.74, 6) is -1.37. The maximum Gasteiger partial charge on any atom is 0.353 e. The highest BCUT2D eigenvalue weighted by Crippen LogP contribution is 2.43. The SMILES string of the molecule is CCCCCCCCc1c(Br)c(O)c(O)c(C(=O)OBr)c1CCCCCCCC. The van der Waals surface area contributed by atoms with Crippen molar-refractivity contribution in [2.24, 2.45) is 0 Å². The highest BCUT2D eigenvalue weighted by atomic mass is 79.9. The number of carbonyl (C=O) groups is 1. The lowest BCUT2D eigenvalue weighted by Crippen LogP contribution is -2.09. The Kier molecular flexibility index (Phi) is 13.7. The van der Waals surface area contributed by atoms with Crippen LogP contribution in [0, 0.1) is 0 Å². The van der Waals surface area contributed by atoms with Gasteiger partial charge in [-0.1, -0.05) is 78.1 Å². The molecule has 4 nitrogen and oxygen atoms in total. The second kappa shape index (κ2) is 15.1. The summed E-state index contributed by atoms with van der Waals surface area (Å²) in [6.45, 7) is 4.40. The molecule has 0 aliphatic heterocycles. The molecule has 0 radical (unpaired) electrons. The van der Waals surface area contributed by atoms with E-state index in [-0.39, 0.29) is 11.3 Å². The standard InChI is InChI=1S/C23H36Br2O4/c1-3-5-7-9-11-13-15-17-18(16-14-12-10-8-6-4-2)20(24)22(27)21(26)19(17)23(28)29-25/h26-27H,3-16H2,1-2H3. The van der Waals surface area contributed by atoms with E-state index in [0.717, 1.165) is 43.2 Å². The van der Waals surface area contributed by atoms with Crippen LogP contribution in [0.25, 0.3) is 0 Å². The molecule has 0 unspecified atom stereocenters. The van der Waals surface area contributed by atoms with Gasteiger partial charge in [0.25, 0.3) is 0 Å². The smallest absolute Gasteiger partial charge is 0.353 e. The Bertz CT molecular complexity index is 632. The highest BCUT2D eigenvalue weighted by Gasteiger charge is 2.27. The van der Waals surface area contributed by atoms with Crippen LogP contribution in [0.15, 0.2) is 4.47 Å². The zero-order chi connectivity index (χ0) is 21.6. The van der Waals surface area contributed by atoms with Crippen LogP contribution >= 0.6 is 32.2 Å². The van der Waals surface area contributed by atoms with Crippen LogP contribution in [0.3, 0.4) is 0 Å². The molecule has 0 aliphatic carbocycles. The van der Waals surface area contributed by atoms with Crippen LogP contribution in [0.2, 0.25) is 0 Å². The number of rotatable bonds is 15. The van der Waals surface area contributed by atoms with Crippen LogP contribution in [0.4, 0.5) is 0 Å². The van der Waals surface area contributed by atoms with Crippen molar-refractivity contribution >= 4 is 38.2 Å². The molecular formula is C23H36Br2O4. The molecule has 0 aliphatic rings. The van der Waals surface area contributed by atoms with E-state index in [9.17, 15) is 15.0 Å². The monoisotopic (exact) mass is 534 g/mol. The number of aromatic hydroxyl groups is 2. The van der Waals surface area contributed by atoms with Crippen LogP contribution in [-0.4, -0.2) is 16.2 Å². The molecule has 0 spiro atoms. The molecule has 1 rings (SSSR count). The summed E-state index contributed by atoms with van der Waals surface area (Å²) in [5, 5.41) is 20.8. The predicted octanol–water partition coefficient (Wildman–Crippen LogP) is 8.13. The summed E-state index contributed by atoms with van der Waals surface area (Å²) in [6.07, 6.45) is 15.3. The molecule has 1 aromatic carbocycles. The molecular weight excluding hydrogens is 500 g/mol. The Balaban J connectivity index is 2.99.